The average Bonchev–Trinajstić information content (AvgIpc) is 3.63. The number of rotatable bonds is 11. The Morgan fingerprint density at radius 3 is 1.27 bits per heavy atom. The van der Waals surface area contributed by atoms with E-state index in [0.29, 0.717) is 35.0 Å². The van der Waals surface area contributed by atoms with Crippen molar-refractivity contribution >= 4 is 55.9 Å². The number of pyridine rings is 2. The fourth-order valence-corrected chi connectivity index (χ4v) is 7.58. The van der Waals surface area contributed by atoms with E-state index in [4.69, 9.17) is 19.7 Å². The van der Waals surface area contributed by atoms with Crippen LogP contribution in [0.4, 0.5) is 34.1 Å². The average molecular weight is 824 g/mol. The van der Waals surface area contributed by atoms with Crippen LogP contribution in [-0.2, 0) is 5.41 Å². The molecule has 0 atom stereocenters. The maximum Gasteiger partial charge on any atom is 0.273 e. The Bertz CT molecular complexity index is 2970. The fraction of sp³-hybridized carbons (Fsp3) is 0.0769. The molecule has 0 saturated heterocycles. The van der Waals surface area contributed by atoms with Crippen molar-refractivity contribution in [1.82, 2.24) is 34.9 Å². The highest BCUT2D eigenvalue weighted by Gasteiger charge is 2.24. The molecule has 0 amide bonds. The van der Waals surface area contributed by atoms with Gasteiger partial charge in [-0.05, 0) is 84.9 Å². The highest BCUT2D eigenvalue weighted by Crippen LogP contribution is 2.43. The number of hydrogen-bond donors (Lipinski definition) is 0. The minimum Gasteiger partial charge on any atom is -0.439 e. The Hall–Kier alpha value is -8.44. The van der Waals surface area contributed by atoms with Crippen LogP contribution in [0.3, 0.4) is 0 Å². The highest BCUT2D eigenvalue weighted by molar-refractivity contribution is 6.11. The molecule has 0 fully saturated rings. The number of benzene rings is 6. The van der Waals surface area contributed by atoms with E-state index >= 15 is 0 Å². The number of aromatic nitrogens is 7. The van der Waals surface area contributed by atoms with Crippen molar-refractivity contribution in [2.45, 2.75) is 26.2 Å². The Labute approximate surface area is 364 Å². The van der Waals surface area contributed by atoms with Crippen molar-refractivity contribution in [3.63, 3.8) is 0 Å². The van der Waals surface area contributed by atoms with Crippen molar-refractivity contribution < 1.29 is 9.47 Å². The quantitative estimate of drug-likeness (QED) is 0.125. The molecule has 11 nitrogen and oxygen atoms in total. The minimum atomic E-state index is -0.338. The van der Waals surface area contributed by atoms with Crippen LogP contribution < -0.4 is 19.3 Å². The summed E-state index contributed by atoms with van der Waals surface area (Å²) in [6.45, 7) is 6.15. The van der Waals surface area contributed by atoms with Crippen LogP contribution in [-0.4, -0.2) is 34.9 Å². The highest BCUT2D eigenvalue weighted by atomic mass is 16.5. The van der Waals surface area contributed by atoms with E-state index in [2.05, 4.69) is 107 Å². The lowest BCUT2D eigenvalue weighted by Crippen LogP contribution is -2.19. The molecule has 63 heavy (non-hydrogen) atoms. The summed E-state index contributed by atoms with van der Waals surface area (Å²) in [7, 11) is 0. The first-order valence-corrected chi connectivity index (χ1v) is 20.6. The van der Waals surface area contributed by atoms with Crippen LogP contribution >= 0.6 is 0 Å². The third-order valence-corrected chi connectivity index (χ3v) is 10.5. The van der Waals surface area contributed by atoms with Gasteiger partial charge in [0.2, 0.25) is 11.8 Å². The van der Waals surface area contributed by atoms with E-state index in [1.807, 2.05) is 130 Å². The monoisotopic (exact) mass is 823 g/mol. The van der Waals surface area contributed by atoms with Gasteiger partial charge >= 0.3 is 0 Å². The molecule has 0 aliphatic heterocycles. The fourth-order valence-electron chi connectivity index (χ4n) is 7.58. The molecule has 0 unspecified atom stereocenters. The van der Waals surface area contributed by atoms with Crippen LogP contribution in [0.2, 0.25) is 0 Å². The summed E-state index contributed by atoms with van der Waals surface area (Å²) < 4.78 is 14.5. The van der Waals surface area contributed by atoms with Gasteiger partial charge in [0.25, 0.3) is 5.95 Å². The van der Waals surface area contributed by atoms with Gasteiger partial charge in [-0.25, -0.2) is 9.97 Å². The molecule has 6 aromatic carbocycles. The molecule has 10 aromatic rings. The standard InChI is InChI=1S/C52H41N9O2/c1-52(2,3)50-55-57-51(58-56-50)61-46-34-40(59(36-16-6-4-7-17-36)38-20-14-22-42(32-38)62-48-24-10-12-30-53-48)26-28-44(46)45-29-27-41(35-47(45)61)60(37-18-8-5-9-19-37)39-21-15-23-43(33-39)63-49-25-11-13-31-54-49/h4-35H,1-3H3. The molecule has 306 valence electrons. The number of ether oxygens (including phenoxy) is 2. The molecule has 0 spiro atoms. The Kier molecular flexibility index (Phi) is 10.2. The second kappa shape index (κ2) is 16.5. The van der Waals surface area contributed by atoms with Crippen molar-refractivity contribution in [1.29, 1.82) is 0 Å². The van der Waals surface area contributed by atoms with E-state index in [1.165, 1.54) is 0 Å². The second-order valence-corrected chi connectivity index (χ2v) is 15.9. The SMILES string of the molecule is CC(C)(C)c1nnc(-n2c3cc(N(c4ccccc4)c4cccc(Oc5ccccn5)c4)ccc3c3ccc(N(c4ccccc4)c4cccc(Oc5ccccn5)c4)cc32)nn1. The van der Waals surface area contributed by atoms with Crippen LogP contribution in [0.15, 0.2) is 194 Å². The number of para-hydroxylation sites is 2. The van der Waals surface area contributed by atoms with Gasteiger partial charge in [-0.3, -0.25) is 4.57 Å². The first kappa shape index (κ1) is 38.7. The van der Waals surface area contributed by atoms with Gasteiger partial charge in [0, 0.05) is 87.0 Å². The van der Waals surface area contributed by atoms with Crippen molar-refractivity contribution in [3.05, 3.63) is 200 Å². The molecule has 0 N–H and O–H groups in total. The minimum absolute atomic E-state index is 0.338. The number of fused-ring (bicyclic) bond motifs is 3. The van der Waals surface area contributed by atoms with Gasteiger partial charge in [-0.15, -0.1) is 20.4 Å². The lowest BCUT2D eigenvalue weighted by molar-refractivity contribution is 0.463. The Morgan fingerprint density at radius 1 is 0.413 bits per heavy atom. The lowest BCUT2D eigenvalue weighted by Gasteiger charge is -2.26. The maximum atomic E-state index is 6.20. The van der Waals surface area contributed by atoms with E-state index in [0.717, 1.165) is 55.9 Å². The predicted octanol–water partition coefficient (Wildman–Crippen LogP) is 13.0. The van der Waals surface area contributed by atoms with Crippen molar-refractivity contribution in [2.24, 2.45) is 0 Å². The van der Waals surface area contributed by atoms with Crippen molar-refractivity contribution in [3.8, 4) is 29.2 Å². The zero-order valence-electron chi connectivity index (χ0n) is 34.8. The number of anilines is 6. The van der Waals surface area contributed by atoms with E-state index in [1.54, 1.807) is 12.4 Å². The second-order valence-electron chi connectivity index (χ2n) is 15.9. The summed E-state index contributed by atoms with van der Waals surface area (Å²) in [6.07, 6.45) is 3.43. The molecular weight excluding hydrogens is 783 g/mol. The molecule has 0 radical (unpaired) electrons. The maximum absolute atomic E-state index is 6.20. The summed E-state index contributed by atoms with van der Waals surface area (Å²) in [5.74, 6) is 3.27. The summed E-state index contributed by atoms with van der Waals surface area (Å²) in [5, 5.41) is 20.7. The van der Waals surface area contributed by atoms with E-state index in [-0.39, 0.29) is 5.41 Å². The van der Waals surface area contributed by atoms with Gasteiger partial charge in [0.05, 0.1) is 11.0 Å². The zero-order valence-corrected chi connectivity index (χ0v) is 34.8. The smallest absolute Gasteiger partial charge is 0.273 e. The molecule has 11 heteroatoms. The molecule has 0 saturated carbocycles. The molecule has 4 aromatic heterocycles. The molecule has 4 heterocycles. The van der Waals surface area contributed by atoms with Gasteiger partial charge < -0.3 is 19.3 Å². The lowest BCUT2D eigenvalue weighted by atomic mass is 9.96. The van der Waals surface area contributed by atoms with Crippen molar-refractivity contribution in [2.75, 3.05) is 9.80 Å². The third-order valence-electron chi connectivity index (χ3n) is 10.5. The molecule has 10 rings (SSSR count). The molecule has 0 aliphatic rings. The first-order chi connectivity index (χ1) is 30.9. The molecular formula is C52H41N9O2. The summed E-state index contributed by atoms with van der Waals surface area (Å²) in [6, 6.07) is 60.7. The van der Waals surface area contributed by atoms with Crippen LogP contribution in [0, 0.1) is 0 Å². The Morgan fingerprint density at radius 2 is 0.841 bits per heavy atom. The van der Waals surface area contributed by atoms with Gasteiger partial charge in [0.15, 0.2) is 5.82 Å². The third kappa shape index (κ3) is 7.98. The van der Waals surface area contributed by atoms with Gasteiger partial charge in [-0.2, -0.15) is 0 Å². The van der Waals surface area contributed by atoms with Gasteiger partial charge in [0.1, 0.15) is 11.5 Å². The predicted molar refractivity (Wildman–Crippen MR) is 249 cm³/mol. The summed E-state index contributed by atoms with van der Waals surface area (Å²) >= 11 is 0. The van der Waals surface area contributed by atoms with Gasteiger partial charge in [-0.1, -0.05) is 93.6 Å². The molecule has 0 aliphatic carbocycles. The normalized spacial score (nSPS) is 11.4. The van der Waals surface area contributed by atoms with Crippen LogP contribution in [0.1, 0.15) is 26.6 Å². The Balaban J connectivity index is 1.15. The summed E-state index contributed by atoms with van der Waals surface area (Å²) in [5.41, 5.74) is 7.00. The van der Waals surface area contributed by atoms with Crippen LogP contribution in [0.25, 0.3) is 27.8 Å². The largest absolute Gasteiger partial charge is 0.439 e. The van der Waals surface area contributed by atoms with E-state index in [9.17, 15) is 0 Å². The summed E-state index contributed by atoms with van der Waals surface area (Å²) in [4.78, 5) is 13.2. The zero-order chi connectivity index (χ0) is 42.8. The van der Waals surface area contributed by atoms with E-state index < -0.39 is 0 Å². The van der Waals surface area contributed by atoms with Crippen LogP contribution in [0.5, 0.6) is 23.3 Å². The number of nitrogens with zero attached hydrogens (tertiary/aromatic N) is 9. The number of hydrogen-bond acceptors (Lipinski definition) is 10. The first-order valence-electron chi connectivity index (χ1n) is 20.6. The topological polar surface area (TPSA) is 107 Å². The molecule has 0 bridgehead atoms.